The molecule has 0 bridgehead atoms. The van der Waals surface area contributed by atoms with Crippen LogP contribution in [0.4, 0.5) is 0 Å². The number of rotatable bonds is 2. The molecule has 0 unspecified atom stereocenters. The highest BCUT2D eigenvalue weighted by atomic mass is 80.0. The Morgan fingerprint density at radius 1 is 0.909 bits per heavy atom. The minimum absolute atomic E-state index is 0.0332. The lowest BCUT2D eigenvalue weighted by molar-refractivity contribution is 0.281. The van der Waals surface area contributed by atoms with Crippen LogP contribution in [0.15, 0.2) is 8.95 Å². The van der Waals surface area contributed by atoms with Crippen LogP contribution in [0.1, 0.15) is 16.7 Å². The summed E-state index contributed by atoms with van der Waals surface area (Å²) < 4.78 is 15.3. The van der Waals surface area contributed by atoms with Crippen LogP contribution in [0.5, 0.6) is 5.75 Å². The van der Waals surface area contributed by atoms with Gasteiger partial charge in [0.2, 0.25) is 0 Å². The van der Waals surface area contributed by atoms with Crippen LogP contribution in [-0.4, -0.2) is 9.79 Å². The van der Waals surface area contributed by atoms with Crippen LogP contribution in [0.2, 0.25) is 0 Å². The van der Waals surface area contributed by atoms with Crippen LogP contribution in [0.25, 0.3) is 0 Å². The molecule has 0 atom stereocenters. The Bertz CT molecular complexity index is 645. The van der Waals surface area contributed by atoms with Gasteiger partial charge >= 0.3 is 7.82 Å². The van der Waals surface area contributed by atoms with Gasteiger partial charge in [-0.15, -0.1) is 0 Å². The van der Waals surface area contributed by atoms with Gasteiger partial charge in [0.15, 0.2) is 10.0 Å². The van der Waals surface area contributed by atoms with Crippen molar-refractivity contribution in [2.45, 2.75) is 11.2 Å². The van der Waals surface area contributed by atoms with Crippen LogP contribution < -0.4 is 4.52 Å². The first-order valence-corrected chi connectivity index (χ1v) is 12.9. The number of hydrogen-bond acceptors (Lipinski definition) is 2. The minimum atomic E-state index is -4.78. The zero-order chi connectivity index (χ0) is 17.7. The van der Waals surface area contributed by atoms with Crippen LogP contribution >= 0.6 is 135 Å². The van der Waals surface area contributed by atoms with Crippen LogP contribution in [-0.2, 0) is 8.85 Å². The molecule has 0 heterocycles. The summed E-state index contributed by atoms with van der Waals surface area (Å²) in [6.07, 6.45) is 0. The topological polar surface area (TPSA) is 66.8 Å². The molecule has 0 spiro atoms. The lowest BCUT2D eigenvalue weighted by Gasteiger charge is -2.29. The van der Waals surface area contributed by atoms with Gasteiger partial charge in [0.1, 0.15) is 0 Å². The second kappa shape index (κ2) is 7.94. The van der Waals surface area contributed by atoms with Gasteiger partial charge in [0.25, 0.3) is 0 Å². The molecule has 0 aliphatic heterocycles. The second-order valence-corrected chi connectivity index (χ2v) is 20.2. The zero-order valence-electron chi connectivity index (χ0n) is 10.2. The Kier molecular flexibility index (Phi) is 8.32. The van der Waals surface area contributed by atoms with E-state index in [0.29, 0.717) is 20.1 Å². The van der Waals surface area contributed by atoms with Gasteiger partial charge in [-0.1, -0.05) is 95.6 Å². The average Bonchev–Trinajstić information content (AvgIpc) is 2.24. The maximum absolute atomic E-state index is 11.3. The first kappa shape index (κ1) is 23.0. The monoisotopic (exact) mass is 839 g/mol. The lowest BCUT2D eigenvalue weighted by atomic mass is 10.0. The molecule has 0 saturated heterocycles. The summed E-state index contributed by atoms with van der Waals surface area (Å²) in [6.45, 7) is 1.84. The van der Waals surface area contributed by atoms with Crippen molar-refractivity contribution in [3.63, 3.8) is 0 Å². The van der Waals surface area contributed by atoms with E-state index in [1.807, 2.05) is 6.92 Å². The molecule has 0 saturated carbocycles. The fourth-order valence-corrected chi connectivity index (χ4v) is 5.74. The summed E-state index contributed by atoms with van der Waals surface area (Å²) >= 11 is 27.2. The second-order valence-electron chi connectivity index (χ2n) is 3.91. The maximum atomic E-state index is 11.3. The molecule has 126 valence electrons. The summed E-state index contributed by atoms with van der Waals surface area (Å²) in [5, 5.41) is 0. The quantitative estimate of drug-likeness (QED) is 0.238. The molecule has 4 nitrogen and oxygen atoms in total. The van der Waals surface area contributed by atoms with Gasteiger partial charge in [-0.2, -0.15) is 0 Å². The van der Waals surface area contributed by atoms with Crippen molar-refractivity contribution in [2.24, 2.45) is 0 Å². The van der Waals surface area contributed by atoms with Crippen molar-refractivity contribution < 1.29 is 18.9 Å². The van der Waals surface area contributed by atoms with E-state index >= 15 is 0 Å². The third-order valence-electron chi connectivity index (χ3n) is 2.35. The van der Waals surface area contributed by atoms with Gasteiger partial charge in [-0.25, -0.2) is 4.57 Å². The molecule has 0 aliphatic carbocycles. The minimum Gasteiger partial charge on any atom is -0.403 e. The number of phosphoric acid groups is 1. The van der Waals surface area contributed by atoms with E-state index in [2.05, 4.69) is 127 Å². The Morgan fingerprint density at radius 3 is 1.64 bits per heavy atom. The van der Waals surface area contributed by atoms with E-state index in [-0.39, 0.29) is 5.75 Å². The number of hydrogen-bond donors (Lipinski definition) is 2. The molecular formula is C9H5Br8O4P. The molecule has 1 aromatic rings. The summed E-state index contributed by atoms with van der Waals surface area (Å²) in [7, 11) is -4.78. The summed E-state index contributed by atoms with van der Waals surface area (Å²) in [6, 6.07) is 0. The van der Waals surface area contributed by atoms with E-state index in [1.54, 1.807) is 0 Å². The Balaban J connectivity index is 3.98. The third-order valence-corrected chi connectivity index (χ3v) is 7.43. The van der Waals surface area contributed by atoms with Gasteiger partial charge in [-0.3, -0.25) is 9.79 Å². The highest BCUT2D eigenvalue weighted by Gasteiger charge is 2.40. The van der Waals surface area contributed by atoms with E-state index < -0.39 is 12.1 Å². The zero-order valence-corrected chi connectivity index (χ0v) is 23.8. The highest BCUT2D eigenvalue weighted by Crippen LogP contribution is 2.61. The van der Waals surface area contributed by atoms with Crippen LogP contribution in [0, 0.1) is 6.92 Å². The molecule has 22 heavy (non-hydrogen) atoms. The SMILES string of the molecule is Cc1c(Br)c(Br)c(OP(=O)(O)O)c(C(Br)(Br)Br)c1C(Br)(Br)Br. The number of halogens is 8. The predicted molar refractivity (Wildman–Crippen MR) is 116 cm³/mol. The summed E-state index contributed by atoms with van der Waals surface area (Å²) in [4.78, 5) is 18.4. The summed E-state index contributed by atoms with van der Waals surface area (Å²) in [5.41, 5.74) is 1.85. The van der Waals surface area contributed by atoms with E-state index in [4.69, 9.17) is 4.52 Å². The molecule has 0 radical (unpaired) electrons. The molecule has 13 heteroatoms. The average molecular weight is 847 g/mol. The lowest BCUT2D eigenvalue weighted by Crippen LogP contribution is -2.15. The van der Waals surface area contributed by atoms with Crippen LogP contribution in [0.3, 0.4) is 0 Å². The highest BCUT2D eigenvalue weighted by molar-refractivity contribution is 9.39. The Labute approximate surface area is 194 Å². The standard InChI is InChI=1S/C9H5Br8O4P/c1-2-3(8(12,13)14)4(9(15,16)17)7(6(11)5(2)10)21-22(18,19)20/h1H3,(H2,18,19,20). The molecule has 1 rings (SSSR count). The fourth-order valence-electron chi connectivity index (χ4n) is 1.61. The largest absolute Gasteiger partial charge is 0.524 e. The molecule has 0 aliphatic rings. The summed E-state index contributed by atoms with van der Waals surface area (Å²) in [5.74, 6) is -0.0332. The Hall–Kier alpha value is 3.01. The van der Waals surface area contributed by atoms with Crippen molar-refractivity contribution in [3.8, 4) is 5.75 Å². The fraction of sp³-hybridized carbons (Fsp3) is 0.333. The van der Waals surface area contributed by atoms with Crippen molar-refractivity contribution in [3.05, 3.63) is 25.6 Å². The van der Waals surface area contributed by atoms with Crippen molar-refractivity contribution >= 4 is 135 Å². The predicted octanol–water partition coefficient (Wildman–Crippen LogP) is 7.58. The molecule has 0 amide bonds. The van der Waals surface area contributed by atoms with Gasteiger partial charge in [-0.05, 0) is 44.3 Å². The maximum Gasteiger partial charge on any atom is 0.524 e. The van der Waals surface area contributed by atoms with Gasteiger partial charge in [0, 0.05) is 15.6 Å². The van der Waals surface area contributed by atoms with Gasteiger partial charge < -0.3 is 4.52 Å². The van der Waals surface area contributed by atoms with E-state index in [0.717, 1.165) is 5.56 Å². The molecule has 1 aromatic carbocycles. The Morgan fingerprint density at radius 2 is 1.32 bits per heavy atom. The smallest absolute Gasteiger partial charge is 0.403 e. The van der Waals surface area contributed by atoms with Crippen molar-refractivity contribution in [2.75, 3.05) is 0 Å². The van der Waals surface area contributed by atoms with E-state index in [1.165, 1.54) is 0 Å². The van der Waals surface area contributed by atoms with E-state index in [9.17, 15) is 14.4 Å². The normalized spacial score (nSPS) is 13.4. The number of benzene rings is 1. The van der Waals surface area contributed by atoms with Crippen molar-refractivity contribution in [1.29, 1.82) is 0 Å². The number of phosphoric ester groups is 1. The van der Waals surface area contributed by atoms with Crippen molar-refractivity contribution in [1.82, 2.24) is 0 Å². The first-order chi connectivity index (χ1) is 9.57. The molecule has 2 N–H and O–H groups in total. The molecular weight excluding hydrogens is 842 g/mol. The first-order valence-electron chi connectivity index (χ1n) is 4.98. The molecule has 0 aromatic heterocycles. The number of alkyl halides is 6. The third kappa shape index (κ3) is 5.76. The molecule has 0 fully saturated rings. The van der Waals surface area contributed by atoms with Gasteiger partial charge in [0.05, 0.1) is 4.47 Å².